The Labute approximate surface area is 144 Å². The Bertz CT molecular complexity index is 736. The number of anilines is 1. The standard InChI is InChI=1S/C17H19FN4OS/c1-21-16(22-10-3-2-4-11-22)19-20-17(21)24-12-9-15(23)13-5-7-14(18)8-6-13/h5-9,12H,2-4,10-11H2,1H3/b12-9+. The summed E-state index contributed by atoms with van der Waals surface area (Å²) in [6, 6.07) is 5.51. The average Bonchev–Trinajstić information content (AvgIpc) is 2.97. The summed E-state index contributed by atoms with van der Waals surface area (Å²) >= 11 is 1.35. The molecule has 0 bridgehead atoms. The van der Waals surface area contributed by atoms with E-state index in [4.69, 9.17) is 0 Å². The van der Waals surface area contributed by atoms with Crippen LogP contribution in [0.1, 0.15) is 29.6 Å². The van der Waals surface area contributed by atoms with Gasteiger partial charge in [0.1, 0.15) is 5.82 Å². The van der Waals surface area contributed by atoms with Gasteiger partial charge in [0, 0.05) is 25.7 Å². The maximum Gasteiger partial charge on any atom is 0.227 e. The van der Waals surface area contributed by atoms with Crippen LogP contribution in [0.2, 0.25) is 0 Å². The lowest BCUT2D eigenvalue weighted by Gasteiger charge is -2.26. The average molecular weight is 346 g/mol. The quantitative estimate of drug-likeness (QED) is 0.472. The maximum atomic E-state index is 12.9. The molecule has 3 rings (SSSR count). The highest BCUT2D eigenvalue weighted by Gasteiger charge is 2.17. The topological polar surface area (TPSA) is 51.0 Å². The number of hydrogen-bond donors (Lipinski definition) is 0. The zero-order chi connectivity index (χ0) is 16.9. The van der Waals surface area contributed by atoms with Crippen molar-refractivity contribution in [2.24, 2.45) is 7.05 Å². The molecule has 126 valence electrons. The molecule has 1 aliphatic heterocycles. The fraction of sp³-hybridized carbons (Fsp3) is 0.353. The van der Waals surface area contributed by atoms with Crippen LogP contribution >= 0.6 is 11.8 Å². The van der Waals surface area contributed by atoms with Crippen molar-refractivity contribution < 1.29 is 9.18 Å². The van der Waals surface area contributed by atoms with E-state index in [1.165, 1.54) is 61.4 Å². The van der Waals surface area contributed by atoms with Crippen LogP contribution in [0.5, 0.6) is 0 Å². The number of rotatable bonds is 5. The summed E-state index contributed by atoms with van der Waals surface area (Å²) in [4.78, 5) is 14.3. The van der Waals surface area contributed by atoms with Crippen molar-refractivity contribution in [3.05, 3.63) is 47.1 Å². The van der Waals surface area contributed by atoms with E-state index in [9.17, 15) is 9.18 Å². The summed E-state index contributed by atoms with van der Waals surface area (Å²) in [6.07, 6.45) is 5.10. The third-order valence-electron chi connectivity index (χ3n) is 3.97. The summed E-state index contributed by atoms with van der Waals surface area (Å²) in [7, 11) is 1.93. The number of hydrogen-bond acceptors (Lipinski definition) is 5. The number of carbonyl (C=O) groups excluding carboxylic acids is 1. The highest BCUT2D eigenvalue weighted by atomic mass is 32.2. The second-order valence-corrected chi connectivity index (χ2v) is 6.55. The number of nitrogens with zero attached hydrogens (tertiary/aromatic N) is 4. The Kier molecular flexibility index (Phi) is 5.30. The van der Waals surface area contributed by atoms with E-state index in [0.29, 0.717) is 5.56 Å². The molecule has 0 radical (unpaired) electrons. The normalized spacial score (nSPS) is 15.2. The molecule has 0 N–H and O–H groups in total. The van der Waals surface area contributed by atoms with E-state index in [-0.39, 0.29) is 11.6 Å². The van der Waals surface area contributed by atoms with E-state index < -0.39 is 0 Å². The summed E-state index contributed by atoms with van der Waals surface area (Å²) in [6.45, 7) is 2.02. The molecule has 0 aliphatic carbocycles. The minimum Gasteiger partial charge on any atom is -0.341 e. The lowest BCUT2D eigenvalue weighted by molar-refractivity contribution is 0.104. The molecule has 5 nitrogen and oxygen atoms in total. The number of aromatic nitrogens is 3. The first-order valence-corrected chi connectivity index (χ1v) is 8.80. The molecule has 1 aromatic carbocycles. The van der Waals surface area contributed by atoms with Crippen molar-refractivity contribution >= 4 is 23.5 Å². The van der Waals surface area contributed by atoms with Gasteiger partial charge in [-0.25, -0.2) is 4.39 Å². The summed E-state index contributed by atoms with van der Waals surface area (Å²) in [5, 5.41) is 10.9. The van der Waals surface area contributed by atoms with Gasteiger partial charge in [0.25, 0.3) is 0 Å². The van der Waals surface area contributed by atoms with Crippen LogP contribution in [0, 0.1) is 5.82 Å². The number of benzene rings is 1. The molecule has 0 spiro atoms. The van der Waals surface area contributed by atoms with Gasteiger partial charge in [0.2, 0.25) is 5.95 Å². The van der Waals surface area contributed by atoms with E-state index in [1.54, 1.807) is 5.41 Å². The van der Waals surface area contributed by atoms with Crippen molar-refractivity contribution in [3.63, 3.8) is 0 Å². The van der Waals surface area contributed by atoms with Gasteiger partial charge in [-0.3, -0.25) is 9.36 Å². The van der Waals surface area contributed by atoms with Crippen LogP contribution < -0.4 is 4.90 Å². The molecule has 1 fully saturated rings. The van der Waals surface area contributed by atoms with E-state index in [1.807, 2.05) is 11.6 Å². The third kappa shape index (κ3) is 3.84. The van der Waals surface area contributed by atoms with Crippen LogP contribution in [0.3, 0.4) is 0 Å². The molecule has 2 heterocycles. The predicted octanol–water partition coefficient (Wildman–Crippen LogP) is 3.43. The van der Waals surface area contributed by atoms with E-state index in [0.717, 1.165) is 24.2 Å². The molecule has 2 aromatic rings. The number of ketones is 1. The van der Waals surface area contributed by atoms with Gasteiger partial charge in [-0.1, -0.05) is 11.8 Å². The van der Waals surface area contributed by atoms with Gasteiger partial charge >= 0.3 is 0 Å². The highest BCUT2D eigenvalue weighted by Crippen LogP contribution is 2.23. The smallest absolute Gasteiger partial charge is 0.227 e. The molecule has 0 saturated carbocycles. The van der Waals surface area contributed by atoms with Gasteiger partial charge in [-0.15, -0.1) is 10.2 Å². The first kappa shape index (κ1) is 16.7. The molecule has 24 heavy (non-hydrogen) atoms. The van der Waals surface area contributed by atoms with Gasteiger partial charge in [-0.2, -0.15) is 0 Å². The molecule has 1 saturated heterocycles. The number of allylic oxidation sites excluding steroid dienone is 1. The third-order valence-corrected chi connectivity index (χ3v) is 4.81. The molecule has 0 atom stereocenters. The Morgan fingerprint density at radius 3 is 2.58 bits per heavy atom. The van der Waals surface area contributed by atoms with Gasteiger partial charge in [-0.05, 0) is 55.0 Å². The number of thioether (sulfide) groups is 1. The summed E-state index contributed by atoms with van der Waals surface area (Å²) in [5.41, 5.74) is 0.459. The Hall–Kier alpha value is -2.15. The molecule has 0 amide bonds. The lowest BCUT2D eigenvalue weighted by Crippen LogP contribution is -2.31. The predicted molar refractivity (Wildman–Crippen MR) is 92.8 cm³/mol. The molecular weight excluding hydrogens is 327 g/mol. The Morgan fingerprint density at radius 1 is 1.17 bits per heavy atom. The first-order chi connectivity index (χ1) is 11.6. The first-order valence-electron chi connectivity index (χ1n) is 7.92. The lowest BCUT2D eigenvalue weighted by atomic mass is 10.1. The Morgan fingerprint density at radius 2 is 1.88 bits per heavy atom. The van der Waals surface area contributed by atoms with Crippen molar-refractivity contribution in [3.8, 4) is 0 Å². The van der Waals surface area contributed by atoms with Gasteiger partial charge in [0.05, 0.1) is 0 Å². The van der Waals surface area contributed by atoms with Crippen molar-refractivity contribution in [2.75, 3.05) is 18.0 Å². The van der Waals surface area contributed by atoms with Crippen LogP contribution in [0.25, 0.3) is 0 Å². The number of carbonyl (C=O) groups is 1. The van der Waals surface area contributed by atoms with Gasteiger partial charge < -0.3 is 4.90 Å². The van der Waals surface area contributed by atoms with Crippen molar-refractivity contribution in [1.29, 1.82) is 0 Å². The largest absolute Gasteiger partial charge is 0.341 e. The minimum atomic E-state index is -0.353. The maximum absolute atomic E-state index is 12.9. The van der Waals surface area contributed by atoms with Crippen LogP contribution in [0.4, 0.5) is 10.3 Å². The zero-order valence-electron chi connectivity index (χ0n) is 13.5. The monoisotopic (exact) mass is 346 g/mol. The Balaban J connectivity index is 1.63. The van der Waals surface area contributed by atoms with Crippen LogP contribution in [-0.2, 0) is 7.05 Å². The second-order valence-electron chi connectivity index (χ2n) is 5.68. The zero-order valence-corrected chi connectivity index (χ0v) is 14.3. The van der Waals surface area contributed by atoms with Crippen molar-refractivity contribution in [2.45, 2.75) is 24.4 Å². The molecule has 1 aliphatic rings. The van der Waals surface area contributed by atoms with Crippen LogP contribution in [0.15, 0.2) is 40.9 Å². The summed E-state index contributed by atoms with van der Waals surface area (Å²) in [5.74, 6) is 0.352. The van der Waals surface area contributed by atoms with Crippen molar-refractivity contribution in [1.82, 2.24) is 14.8 Å². The molecule has 7 heteroatoms. The summed E-state index contributed by atoms with van der Waals surface area (Å²) < 4.78 is 14.8. The fourth-order valence-corrected chi connectivity index (χ4v) is 3.29. The minimum absolute atomic E-state index is 0.166. The molecular formula is C17H19FN4OS. The molecule has 1 aromatic heterocycles. The SMILES string of the molecule is Cn1c(S/C=C/C(=O)c2ccc(F)cc2)nnc1N1CCCCC1. The van der Waals surface area contributed by atoms with Crippen LogP contribution in [-0.4, -0.2) is 33.6 Å². The van der Waals surface area contributed by atoms with Gasteiger partial charge in [0.15, 0.2) is 10.9 Å². The number of piperidine rings is 1. The second kappa shape index (κ2) is 7.61. The van der Waals surface area contributed by atoms with E-state index >= 15 is 0 Å². The van der Waals surface area contributed by atoms with E-state index in [2.05, 4.69) is 15.1 Å². The fourth-order valence-electron chi connectivity index (χ4n) is 2.65. The highest BCUT2D eigenvalue weighted by molar-refractivity contribution is 8.02. The molecule has 0 unspecified atom stereocenters. The number of halogens is 1.